The molecule has 0 spiro atoms. The first-order valence-corrected chi connectivity index (χ1v) is 11.9. The highest BCUT2D eigenvalue weighted by Gasteiger charge is 2.37. The molecule has 2 heterocycles. The summed E-state index contributed by atoms with van der Waals surface area (Å²) in [6.07, 6.45) is 0. The van der Waals surface area contributed by atoms with Crippen molar-refractivity contribution in [1.29, 1.82) is 0 Å². The molecular formula is C28H16FN3O3S. The molecule has 6 rings (SSSR count). The molecule has 0 radical (unpaired) electrons. The summed E-state index contributed by atoms with van der Waals surface area (Å²) in [6.45, 7) is 0. The van der Waals surface area contributed by atoms with Crippen LogP contribution in [0.2, 0.25) is 0 Å². The van der Waals surface area contributed by atoms with Gasteiger partial charge in [0.05, 0.1) is 22.5 Å². The fourth-order valence-electron chi connectivity index (χ4n) is 4.19. The zero-order valence-corrected chi connectivity index (χ0v) is 19.4. The number of rotatable bonds is 4. The number of amides is 3. The van der Waals surface area contributed by atoms with Gasteiger partial charge in [-0.15, -0.1) is 11.3 Å². The van der Waals surface area contributed by atoms with E-state index in [0.717, 1.165) is 26.9 Å². The van der Waals surface area contributed by atoms with E-state index in [-0.39, 0.29) is 22.4 Å². The topological polar surface area (TPSA) is 79.4 Å². The van der Waals surface area contributed by atoms with Crippen molar-refractivity contribution in [3.05, 3.63) is 113 Å². The van der Waals surface area contributed by atoms with Gasteiger partial charge in [-0.25, -0.2) is 14.3 Å². The van der Waals surface area contributed by atoms with Crippen LogP contribution >= 0.6 is 11.3 Å². The van der Waals surface area contributed by atoms with Gasteiger partial charge in [0.25, 0.3) is 17.7 Å². The molecule has 0 aliphatic carbocycles. The molecule has 36 heavy (non-hydrogen) atoms. The monoisotopic (exact) mass is 493 g/mol. The molecule has 1 aliphatic heterocycles. The van der Waals surface area contributed by atoms with Gasteiger partial charge in [-0.1, -0.05) is 36.4 Å². The van der Waals surface area contributed by atoms with E-state index in [9.17, 15) is 18.8 Å². The number of carbonyl (C=O) groups excluding carboxylic acids is 3. The molecule has 6 nitrogen and oxygen atoms in total. The Morgan fingerprint density at radius 1 is 0.833 bits per heavy atom. The molecule has 8 heteroatoms. The second-order valence-electron chi connectivity index (χ2n) is 8.24. The summed E-state index contributed by atoms with van der Waals surface area (Å²) in [4.78, 5) is 44.2. The lowest BCUT2D eigenvalue weighted by molar-refractivity contribution is 0.0925. The summed E-state index contributed by atoms with van der Waals surface area (Å²) in [6, 6.07) is 23.5. The summed E-state index contributed by atoms with van der Waals surface area (Å²) in [7, 11) is 0. The molecule has 3 amide bonds. The molecule has 1 N–H and O–H groups in total. The van der Waals surface area contributed by atoms with E-state index >= 15 is 0 Å². The van der Waals surface area contributed by atoms with Crippen molar-refractivity contribution in [3.8, 4) is 11.3 Å². The highest BCUT2D eigenvalue weighted by molar-refractivity contribution is 7.14. The van der Waals surface area contributed by atoms with Crippen molar-refractivity contribution in [2.24, 2.45) is 0 Å². The van der Waals surface area contributed by atoms with E-state index in [1.165, 1.54) is 53.8 Å². The van der Waals surface area contributed by atoms with Crippen LogP contribution in [0.4, 0.5) is 15.2 Å². The molecule has 174 valence electrons. The van der Waals surface area contributed by atoms with Crippen molar-refractivity contribution >= 4 is 50.6 Å². The summed E-state index contributed by atoms with van der Waals surface area (Å²) < 4.78 is 13.3. The summed E-state index contributed by atoms with van der Waals surface area (Å²) in [5.41, 5.74) is 2.47. The second-order valence-corrected chi connectivity index (χ2v) is 9.09. The molecule has 0 unspecified atom stereocenters. The van der Waals surface area contributed by atoms with Crippen LogP contribution in [-0.2, 0) is 0 Å². The van der Waals surface area contributed by atoms with Crippen LogP contribution in [0.25, 0.3) is 22.0 Å². The number of nitrogens with one attached hydrogen (secondary N) is 1. The predicted molar refractivity (Wildman–Crippen MR) is 137 cm³/mol. The molecule has 4 aromatic carbocycles. The average Bonchev–Trinajstić information content (AvgIpc) is 3.46. The molecule has 0 bridgehead atoms. The SMILES string of the molecule is O=C(Nc1nc(-c2ccc3ccccc3c2)cs1)c1ccc2c(c1)C(=O)N(c1ccc(F)cc1)C2=O. The summed E-state index contributed by atoms with van der Waals surface area (Å²) >= 11 is 1.29. The van der Waals surface area contributed by atoms with Crippen LogP contribution in [0.1, 0.15) is 31.1 Å². The number of nitrogens with zero attached hydrogens (tertiary/aromatic N) is 2. The van der Waals surface area contributed by atoms with Gasteiger partial charge in [0.1, 0.15) is 5.82 Å². The van der Waals surface area contributed by atoms with Gasteiger partial charge in [0, 0.05) is 16.5 Å². The molecule has 0 fully saturated rings. The van der Waals surface area contributed by atoms with E-state index in [1.54, 1.807) is 0 Å². The Hall–Kier alpha value is -4.69. The number of aromatic nitrogens is 1. The number of hydrogen-bond acceptors (Lipinski definition) is 5. The highest BCUT2D eigenvalue weighted by Crippen LogP contribution is 2.31. The lowest BCUT2D eigenvalue weighted by atomic mass is 10.1. The van der Waals surface area contributed by atoms with Crippen molar-refractivity contribution in [2.45, 2.75) is 0 Å². The molecule has 1 aliphatic rings. The second kappa shape index (κ2) is 8.51. The molecule has 1 aromatic heterocycles. The Morgan fingerprint density at radius 3 is 2.39 bits per heavy atom. The van der Waals surface area contributed by atoms with Crippen LogP contribution in [0.3, 0.4) is 0 Å². The van der Waals surface area contributed by atoms with Gasteiger partial charge in [0.15, 0.2) is 5.13 Å². The number of thiazole rings is 1. The number of halogens is 1. The molecule has 0 atom stereocenters. The first-order chi connectivity index (χ1) is 17.5. The van der Waals surface area contributed by atoms with Crippen LogP contribution in [-0.4, -0.2) is 22.7 Å². The van der Waals surface area contributed by atoms with Gasteiger partial charge in [-0.3, -0.25) is 19.7 Å². The first-order valence-electron chi connectivity index (χ1n) is 11.0. The minimum Gasteiger partial charge on any atom is -0.298 e. The molecule has 0 saturated heterocycles. The minimum absolute atomic E-state index is 0.118. The number of carbonyl (C=O) groups is 3. The van der Waals surface area contributed by atoms with Gasteiger partial charge in [0.2, 0.25) is 0 Å². The van der Waals surface area contributed by atoms with Crippen LogP contribution < -0.4 is 10.2 Å². The smallest absolute Gasteiger partial charge is 0.266 e. The minimum atomic E-state index is -0.566. The lowest BCUT2D eigenvalue weighted by Gasteiger charge is -2.13. The van der Waals surface area contributed by atoms with E-state index in [1.807, 2.05) is 47.8 Å². The zero-order chi connectivity index (χ0) is 24.8. The third kappa shape index (κ3) is 3.73. The fourth-order valence-corrected chi connectivity index (χ4v) is 4.90. The lowest BCUT2D eigenvalue weighted by Crippen LogP contribution is -2.29. The quantitative estimate of drug-likeness (QED) is 0.304. The maximum atomic E-state index is 13.3. The summed E-state index contributed by atoms with van der Waals surface area (Å²) in [5.74, 6) is -2.00. The van der Waals surface area contributed by atoms with Crippen molar-refractivity contribution < 1.29 is 18.8 Å². The van der Waals surface area contributed by atoms with Gasteiger partial charge >= 0.3 is 0 Å². The number of fused-ring (bicyclic) bond motifs is 2. The Labute approximate surface area is 208 Å². The van der Waals surface area contributed by atoms with Gasteiger partial charge in [-0.05, 0) is 59.3 Å². The van der Waals surface area contributed by atoms with Gasteiger partial charge in [-0.2, -0.15) is 0 Å². The van der Waals surface area contributed by atoms with E-state index in [0.29, 0.717) is 5.13 Å². The maximum absolute atomic E-state index is 13.3. The zero-order valence-electron chi connectivity index (χ0n) is 18.6. The van der Waals surface area contributed by atoms with E-state index < -0.39 is 23.5 Å². The summed E-state index contributed by atoms with van der Waals surface area (Å²) in [5, 5.41) is 7.28. The normalized spacial score (nSPS) is 12.8. The molecular weight excluding hydrogens is 477 g/mol. The Balaban J connectivity index is 1.23. The third-order valence-electron chi connectivity index (χ3n) is 6.00. The third-order valence-corrected chi connectivity index (χ3v) is 6.76. The van der Waals surface area contributed by atoms with Crippen LogP contribution in [0.15, 0.2) is 90.3 Å². The maximum Gasteiger partial charge on any atom is 0.266 e. The first kappa shape index (κ1) is 21.8. The molecule has 5 aromatic rings. The number of anilines is 2. The average molecular weight is 494 g/mol. The van der Waals surface area contributed by atoms with Crippen molar-refractivity contribution in [3.63, 3.8) is 0 Å². The Morgan fingerprint density at radius 2 is 1.58 bits per heavy atom. The van der Waals surface area contributed by atoms with Crippen LogP contribution in [0, 0.1) is 5.82 Å². The fraction of sp³-hybridized carbons (Fsp3) is 0. The van der Waals surface area contributed by atoms with Crippen molar-refractivity contribution in [1.82, 2.24) is 4.98 Å². The Kier molecular flexibility index (Phi) is 5.16. The van der Waals surface area contributed by atoms with Crippen LogP contribution in [0.5, 0.6) is 0 Å². The van der Waals surface area contributed by atoms with Gasteiger partial charge < -0.3 is 0 Å². The number of imide groups is 1. The molecule has 0 saturated carbocycles. The Bertz CT molecular complexity index is 1690. The van der Waals surface area contributed by atoms with E-state index in [2.05, 4.69) is 10.3 Å². The standard InChI is InChI=1S/C28H16FN3O3S/c29-20-8-10-21(11-9-20)32-26(34)22-12-7-19(14-23(22)27(32)35)25(33)31-28-30-24(15-36-28)18-6-5-16-3-1-2-4-17(16)13-18/h1-15H,(H,30,31,33). The van der Waals surface area contributed by atoms with E-state index in [4.69, 9.17) is 0 Å². The highest BCUT2D eigenvalue weighted by atomic mass is 32.1. The van der Waals surface area contributed by atoms with Crippen molar-refractivity contribution in [2.75, 3.05) is 10.2 Å². The largest absolute Gasteiger partial charge is 0.298 e. The number of hydrogen-bond donors (Lipinski definition) is 1. The predicted octanol–water partition coefficient (Wildman–Crippen LogP) is 6.16. The number of benzene rings is 4.